The van der Waals surface area contributed by atoms with Crippen molar-refractivity contribution in [1.82, 2.24) is 9.88 Å². The van der Waals surface area contributed by atoms with E-state index < -0.39 is 5.97 Å². The van der Waals surface area contributed by atoms with E-state index in [0.717, 1.165) is 37.2 Å². The highest BCUT2D eigenvalue weighted by Gasteiger charge is 2.31. The minimum absolute atomic E-state index is 0.140. The number of nitrogens with one attached hydrogen (secondary N) is 1. The molecule has 0 aliphatic carbocycles. The van der Waals surface area contributed by atoms with Gasteiger partial charge in [-0.1, -0.05) is 26.0 Å². The summed E-state index contributed by atoms with van der Waals surface area (Å²) in [5.74, 6) is 0.397. The van der Waals surface area contributed by atoms with Gasteiger partial charge in [-0.15, -0.1) is 0 Å². The van der Waals surface area contributed by atoms with Crippen molar-refractivity contribution in [3.63, 3.8) is 0 Å². The summed E-state index contributed by atoms with van der Waals surface area (Å²) in [6, 6.07) is 11.7. The first-order valence-corrected chi connectivity index (χ1v) is 11.8. The number of carboxylic acid groups (broad SMARTS) is 1. The van der Waals surface area contributed by atoms with Crippen LogP contribution in [0, 0.1) is 0 Å². The Kier molecular flexibility index (Phi) is 7.05. The van der Waals surface area contributed by atoms with Crippen molar-refractivity contribution in [2.24, 2.45) is 0 Å². The molecule has 2 aromatic carbocycles. The van der Waals surface area contributed by atoms with Crippen LogP contribution < -0.4 is 4.74 Å². The second-order valence-electron chi connectivity index (χ2n) is 9.08. The van der Waals surface area contributed by atoms with Gasteiger partial charge in [-0.25, -0.2) is 4.79 Å². The Morgan fingerprint density at radius 1 is 1.24 bits per heavy atom. The van der Waals surface area contributed by atoms with Gasteiger partial charge in [-0.2, -0.15) is 0 Å². The van der Waals surface area contributed by atoms with Crippen molar-refractivity contribution in [1.29, 1.82) is 0 Å². The average Bonchev–Trinajstić information content (AvgIpc) is 3.30. The smallest absolute Gasteiger partial charge is 0.335 e. The molecular weight excluding hydrogens is 416 g/mol. The number of rotatable bonds is 8. The highest BCUT2D eigenvalue weighted by molar-refractivity contribution is 5.89. The molecule has 1 aliphatic heterocycles. The van der Waals surface area contributed by atoms with Crippen LogP contribution in [0.1, 0.15) is 72.6 Å². The van der Waals surface area contributed by atoms with Gasteiger partial charge >= 0.3 is 5.97 Å². The maximum Gasteiger partial charge on any atom is 0.335 e. The van der Waals surface area contributed by atoms with Crippen LogP contribution in [0.5, 0.6) is 5.75 Å². The van der Waals surface area contributed by atoms with E-state index in [4.69, 9.17) is 9.47 Å². The fourth-order valence-corrected chi connectivity index (χ4v) is 5.05. The van der Waals surface area contributed by atoms with Gasteiger partial charge in [0.25, 0.3) is 0 Å². The van der Waals surface area contributed by atoms with Crippen LogP contribution >= 0.6 is 0 Å². The van der Waals surface area contributed by atoms with Gasteiger partial charge < -0.3 is 19.6 Å². The molecule has 33 heavy (non-hydrogen) atoms. The van der Waals surface area contributed by atoms with Crippen molar-refractivity contribution >= 4 is 16.9 Å². The normalized spacial score (nSPS) is 19.3. The summed E-state index contributed by atoms with van der Waals surface area (Å²) in [4.78, 5) is 17.2. The molecule has 176 valence electrons. The van der Waals surface area contributed by atoms with Gasteiger partial charge in [0.1, 0.15) is 5.75 Å². The summed E-state index contributed by atoms with van der Waals surface area (Å²) in [6.45, 7) is 8.78. The highest BCUT2D eigenvalue weighted by atomic mass is 16.5. The van der Waals surface area contributed by atoms with E-state index in [-0.39, 0.29) is 12.1 Å². The average molecular weight is 451 g/mol. The van der Waals surface area contributed by atoms with Gasteiger partial charge in [-0.05, 0) is 61.1 Å². The Morgan fingerprint density at radius 3 is 2.64 bits per heavy atom. The Balaban J connectivity index is 1.71. The highest BCUT2D eigenvalue weighted by Crippen LogP contribution is 2.39. The molecule has 0 radical (unpaired) electrons. The molecule has 6 heteroatoms. The van der Waals surface area contributed by atoms with Gasteiger partial charge in [0.05, 0.1) is 18.8 Å². The number of hydrogen-bond acceptors (Lipinski definition) is 4. The standard InChI is InChI=1S/C27H34N2O4/c1-5-33-20-11-13-29(24(14-20)18-6-8-19(9-7-18)27(30)31)16-23-21-10-12-28-26(21)22(17(2)3)15-25(23)32-4/h6-10,12,15,17,20,24,28H,5,11,13-14,16H2,1-4H3,(H,30,31)/t20-,24-/m0/s1. The molecule has 1 aliphatic rings. The third kappa shape index (κ3) is 4.77. The predicted octanol–water partition coefficient (Wildman–Crippen LogP) is 5.74. The van der Waals surface area contributed by atoms with Gasteiger partial charge in [-0.3, -0.25) is 4.90 Å². The number of hydrogen-bond donors (Lipinski definition) is 2. The molecule has 2 heterocycles. The lowest BCUT2D eigenvalue weighted by molar-refractivity contribution is -0.0138. The number of aromatic amines is 1. The molecule has 1 saturated heterocycles. The summed E-state index contributed by atoms with van der Waals surface area (Å²) in [7, 11) is 1.74. The van der Waals surface area contributed by atoms with E-state index >= 15 is 0 Å². The number of fused-ring (bicyclic) bond motifs is 1. The van der Waals surface area contributed by atoms with Crippen LogP contribution in [0.25, 0.3) is 10.9 Å². The minimum Gasteiger partial charge on any atom is -0.496 e. The van der Waals surface area contributed by atoms with Crippen molar-refractivity contribution in [3.8, 4) is 5.75 Å². The molecule has 0 amide bonds. The molecule has 3 aromatic rings. The zero-order chi connectivity index (χ0) is 23.5. The van der Waals surface area contributed by atoms with Crippen molar-refractivity contribution in [2.75, 3.05) is 20.3 Å². The number of aromatic nitrogens is 1. The molecule has 0 bridgehead atoms. The first-order valence-electron chi connectivity index (χ1n) is 11.8. The number of ether oxygens (including phenoxy) is 2. The second-order valence-corrected chi connectivity index (χ2v) is 9.08. The summed E-state index contributed by atoms with van der Waals surface area (Å²) >= 11 is 0. The number of methoxy groups -OCH3 is 1. The number of aromatic carboxylic acids is 1. The molecule has 2 atom stereocenters. The quantitative estimate of drug-likeness (QED) is 0.458. The molecule has 6 nitrogen and oxygen atoms in total. The van der Waals surface area contributed by atoms with E-state index in [1.54, 1.807) is 19.2 Å². The fraction of sp³-hybridized carbons (Fsp3) is 0.444. The van der Waals surface area contributed by atoms with Crippen LogP contribution in [-0.4, -0.2) is 47.3 Å². The third-order valence-corrected chi connectivity index (χ3v) is 6.76. The largest absolute Gasteiger partial charge is 0.496 e. The Morgan fingerprint density at radius 2 is 2.00 bits per heavy atom. The maximum atomic E-state index is 11.3. The first-order chi connectivity index (χ1) is 15.9. The van der Waals surface area contributed by atoms with Crippen LogP contribution in [-0.2, 0) is 11.3 Å². The van der Waals surface area contributed by atoms with E-state index in [1.165, 1.54) is 22.0 Å². The Hall–Kier alpha value is -2.83. The molecular formula is C27H34N2O4. The van der Waals surface area contributed by atoms with Crippen LogP contribution in [0.15, 0.2) is 42.6 Å². The topological polar surface area (TPSA) is 74.8 Å². The number of carboxylic acids is 1. The number of piperidine rings is 1. The van der Waals surface area contributed by atoms with Gasteiger partial charge in [0.2, 0.25) is 0 Å². The summed E-state index contributed by atoms with van der Waals surface area (Å²) in [6.07, 6.45) is 4.05. The zero-order valence-electron chi connectivity index (χ0n) is 19.9. The van der Waals surface area contributed by atoms with Crippen molar-refractivity contribution in [3.05, 3.63) is 64.8 Å². The Labute approximate surface area is 195 Å². The predicted molar refractivity (Wildman–Crippen MR) is 130 cm³/mol. The molecule has 0 saturated carbocycles. The molecule has 0 spiro atoms. The van der Waals surface area contributed by atoms with Crippen molar-refractivity contribution < 1.29 is 19.4 Å². The molecule has 1 fully saturated rings. The monoisotopic (exact) mass is 450 g/mol. The molecule has 0 unspecified atom stereocenters. The fourth-order valence-electron chi connectivity index (χ4n) is 5.05. The second kappa shape index (κ2) is 9.98. The molecule has 1 aromatic heterocycles. The van der Waals surface area contributed by atoms with Crippen LogP contribution in [0.2, 0.25) is 0 Å². The van der Waals surface area contributed by atoms with Crippen molar-refractivity contribution in [2.45, 2.75) is 58.2 Å². The first kappa shape index (κ1) is 23.3. The summed E-state index contributed by atoms with van der Waals surface area (Å²) in [5.41, 5.74) is 5.04. The number of benzene rings is 2. The minimum atomic E-state index is -0.904. The lowest BCUT2D eigenvalue weighted by Crippen LogP contribution is -2.39. The number of H-pyrrole nitrogens is 1. The van der Waals surface area contributed by atoms with Crippen LogP contribution in [0.4, 0.5) is 0 Å². The SMILES string of the molecule is CCO[C@H]1CCN(Cc2c(OC)cc(C(C)C)c3[nH]ccc23)[C@H](c2ccc(C(=O)O)cc2)C1. The lowest BCUT2D eigenvalue weighted by atomic mass is 9.91. The van der Waals surface area contributed by atoms with E-state index in [9.17, 15) is 9.90 Å². The van der Waals surface area contributed by atoms with Crippen LogP contribution in [0.3, 0.4) is 0 Å². The molecule has 2 N–H and O–H groups in total. The van der Waals surface area contributed by atoms with Gasteiger partial charge in [0, 0.05) is 48.4 Å². The van der Waals surface area contributed by atoms with Gasteiger partial charge in [0.15, 0.2) is 0 Å². The Bertz CT molecular complexity index is 1100. The third-order valence-electron chi connectivity index (χ3n) is 6.76. The van der Waals surface area contributed by atoms with E-state index in [2.05, 4.69) is 35.9 Å². The van der Waals surface area contributed by atoms with E-state index in [0.29, 0.717) is 18.1 Å². The summed E-state index contributed by atoms with van der Waals surface area (Å²) < 4.78 is 11.9. The summed E-state index contributed by atoms with van der Waals surface area (Å²) in [5, 5.41) is 10.5. The molecule has 4 rings (SSSR count). The van der Waals surface area contributed by atoms with E-state index in [1.807, 2.05) is 25.3 Å². The zero-order valence-corrected chi connectivity index (χ0v) is 19.9. The number of carbonyl (C=O) groups is 1. The lowest BCUT2D eigenvalue weighted by Gasteiger charge is -2.40. The maximum absolute atomic E-state index is 11.3. The number of nitrogens with zero attached hydrogens (tertiary/aromatic N) is 1. The number of likely N-dealkylation sites (tertiary alicyclic amines) is 1.